The Balaban J connectivity index is 1.87. The van der Waals surface area contributed by atoms with Gasteiger partial charge in [0.05, 0.1) is 14.1 Å². The third kappa shape index (κ3) is 5.55. The lowest BCUT2D eigenvalue weighted by Crippen LogP contribution is -3.04. The highest BCUT2D eigenvalue weighted by atomic mass is 35.5. The van der Waals surface area contributed by atoms with Gasteiger partial charge in [-0.05, 0) is 36.2 Å². The van der Waals surface area contributed by atoms with Gasteiger partial charge in [0.25, 0.3) is 5.91 Å². The van der Waals surface area contributed by atoms with Crippen molar-refractivity contribution in [3.63, 3.8) is 0 Å². The second kappa shape index (κ2) is 8.71. The Morgan fingerprint density at radius 1 is 1.17 bits per heavy atom. The van der Waals surface area contributed by atoms with E-state index in [1.165, 1.54) is 10.5 Å². The molecule has 0 saturated carbocycles. The first-order chi connectivity index (χ1) is 11.5. The Kier molecular flexibility index (Phi) is 6.64. The van der Waals surface area contributed by atoms with Crippen LogP contribution in [0.5, 0.6) is 5.75 Å². The van der Waals surface area contributed by atoms with Gasteiger partial charge in [-0.3, -0.25) is 4.79 Å². The molecule has 1 amide bonds. The maximum atomic E-state index is 12.0. The topological polar surface area (TPSA) is 42.8 Å². The number of nitrogens with one attached hydrogen (secondary N) is 2. The molecule has 2 aromatic carbocycles. The Bertz CT molecular complexity index is 702. The zero-order valence-corrected chi connectivity index (χ0v) is 15.1. The predicted octanol–water partition coefficient (Wildman–Crippen LogP) is 1.99. The zero-order valence-electron chi connectivity index (χ0n) is 14.4. The quantitative estimate of drug-likeness (QED) is 0.804. The van der Waals surface area contributed by atoms with E-state index >= 15 is 0 Å². The van der Waals surface area contributed by atoms with Gasteiger partial charge in [-0.15, -0.1) is 0 Å². The number of hydrogen-bond donors (Lipinski definition) is 2. The van der Waals surface area contributed by atoms with Gasteiger partial charge in [0.2, 0.25) is 0 Å². The first kappa shape index (κ1) is 18.3. The van der Waals surface area contributed by atoms with Gasteiger partial charge in [0.1, 0.15) is 12.3 Å². The molecule has 2 N–H and O–H groups in total. The lowest BCUT2D eigenvalue weighted by atomic mass is 10.1. The number of amides is 1. The largest absolute Gasteiger partial charge is 0.484 e. The van der Waals surface area contributed by atoms with Crippen molar-refractivity contribution in [1.29, 1.82) is 0 Å². The van der Waals surface area contributed by atoms with Crippen LogP contribution in [0.2, 0.25) is 5.02 Å². The number of aryl methyl sites for hydroxylation is 1. The molecule has 0 aromatic heterocycles. The lowest BCUT2D eigenvalue weighted by Gasteiger charge is -2.13. The van der Waals surface area contributed by atoms with E-state index in [9.17, 15) is 4.79 Å². The molecule has 5 heteroatoms. The molecule has 0 unspecified atom stereocenters. The average Bonchev–Trinajstić information content (AvgIpc) is 2.52. The Labute approximate surface area is 148 Å². The number of hydrogen-bond acceptors (Lipinski definition) is 2. The van der Waals surface area contributed by atoms with Crippen LogP contribution in [0.1, 0.15) is 16.7 Å². The van der Waals surface area contributed by atoms with Crippen LogP contribution in [0.3, 0.4) is 0 Å². The highest BCUT2D eigenvalue weighted by Gasteiger charge is 2.08. The summed E-state index contributed by atoms with van der Waals surface area (Å²) in [6, 6.07) is 13.5. The first-order valence-corrected chi connectivity index (χ1v) is 8.35. The van der Waals surface area contributed by atoms with E-state index in [1.807, 2.05) is 31.2 Å². The molecule has 0 aliphatic heterocycles. The van der Waals surface area contributed by atoms with Crippen LogP contribution in [0.4, 0.5) is 0 Å². The minimum absolute atomic E-state index is 0.0103. The Morgan fingerprint density at radius 2 is 1.88 bits per heavy atom. The molecule has 2 aromatic rings. The van der Waals surface area contributed by atoms with Gasteiger partial charge in [-0.1, -0.05) is 35.9 Å². The number of benzene rings is 2. The summed E-state index contributed by atoms with van der Waals surface area (Å²) in [5.74, 6) is 0.530. The van der Waals surface area contributed by atoms with Gasteiger partial charge in [0, 0.05) is 17.1 Å². The van der Waals surface area contributed by atoms with Crippen molar-refractivity contribution < 1.29 is 14.4 Å². The summed E-state index contributed by atoms with van der Waals surface area (Å²) in [6.45, 7) is 3.32. The molecule has 2 rings (SSSR count). The minimum Gasteiger partial charge on any atom is -0.484 e. The van der Waals surface area contributed by atoms with Crippen molar-refractivity contribution in [2.75, 3.05) is 20.7 Å². The van der Waals surface area contributed by atoms with Gasteiger partial charge in [-0.2, -0.15) is 0 Å². The van der Waals surface area contributed by atoms with E-state index in [2.05, 4.69) is 25.5 Å². The van der Waals surface area contributed by atoms with E-state index in [4.69, 9.17) is 16.3 Å². The smallest absolute Gasteiger partial charge is 0.258 e. The van der Waals surface area contributed by atoms with Crippen LogP contribution in [-0.2, 0) is 17.9 Å². The van der Waals surface area contributed by atoms with E-state index in [1.54, 1.807) is 12.1 Å². The highest BCUT2D eigenvalue weighted by molar-refractivity contribution is 6.30. The monoisotopic (exact) mass is 347 g/mol. The first-order valence-electron chi connectivity index (χ1n) is 7.97. The van der Waals surface area contributed by atoms with Crippen molar-refractivity contribution in [3.05, 3.63) is 64.2 Å². The molecule has 0 saturated heterocycles. The normalized spacial score (nSPS) is 10.7. The third-order valence-electron chi connectivity index (χ3n) is 3.63. The molecular formula is C19H24ClN2O2+. The maximum Gasteiger partial charge on any atom is 0.258 e. The molecule has 0 heterocycles. The molecule has 24 heavy (non-hydrogen) atoms. The van der Waals surface area contributed by atoms with E-state index in [0.717, 1.165) is 17.7 Å². The number of rotatable bonds is 7. The zero-order chi connectivity index (χ0) is 17.5. The number of halogens is 1. The molecule has 0 aliphatic carbocycles. The lowest BCUT2D eigenvalue weighted by molar-refractivity contribution is -0.872. The Morgan fingerprint density at radius 3 is 2.54 bits per heavy atom. The molecule has 0 radical (unpaired) electrons. The van der Waals surface area contributed by atoms with Crippen molar-refractivity contribution in [2.24, 2.45) is 0 Å². The summed E-state index contributed by atoms with van der Waals surface area (Å²) >= 11 is 5.91. The molecule has 0 bridgehead atoms. The van der Waals surface area contributed by atoms with Crippen LogP contribution in [-0.4, -0.2) is 26.6 Å². The maximum absolute atomic E-state index is 12.0. The van der Waals surface area contributed by atoms with E-state index in [-0.39, 0.29) is 12.5 Å². The summed E-state index contributed by atoms with van der Waals surface area (Å²) in [5.41, 5.74) is 3.29. The number of carbonyl (C=O) groups excluding carboxylic acids is 1. The van der Waals surface area contributed by atoms with Crippen LogP contribution < -0.4 is 15.0 Å². The van der Waals surface area contributed by atoms with Gasteiger partial charge >= 0.3 is 0 Å². The number of carbonyl (C=O) groups is 1. The minimum atomic E-state index is -0.142. The van der Waals surface area contributed by atoms with Gasteiger partial charge in [0.15, 0.2) is 6.61 Å². The Hall–Kier alpha value is -2.04. The predicted molar refractivity (Wildman–Crippen MR) is 96.5 cm³/mol. The van der Waals surface area contributed by atoms with Crippen molar-refractivity contribution in [2.45, 2.75) is 20.0 Å². The fraction of sp³-hybridized carbons (Fsp3) is 0.316. The van der Waals surface area contributed by atoms with Gasteiger partial charge < -0.3 is 15.0 Å². The number of ether oxygens (including phenoxy) is 1. The summed E-state index contributed by atoms with van der Waals surface area (Å²) < 4.78 is 5.56. The van der Waals surface area contributed by atoms with Crippen molar-refractivity contribution >= 4 is 17.5 Å². The third-order valence-corrected chi connectivity index (χ3v) is 3.87. The van der Waals surface area contributed by atoms with E-state index < -0.39 is 0 Å². The second-order valence-electron chi connectivity index (χ2n) is 6.13. The standard InChI is InChI=1S/C19H23ClN2O2/c1-14-10-17(20)8-9-18(14)24-13-19(23)21-11-15-6-4-5-7-16(15)12-22(2)3/h4-10H,11-13H2,1-3H3,(H,21,23)/p+1. The SMILES string of the molecule is Cc1cc(Cl)ccc1OCC(=O)NCc1ccccc1C[NH+](C)C. The van der Waals surface area contributed by atoms with Crippen LogP contribution >= 0.6 is 11.6 Å². The van der Waals surface area contributed by atoms with Gasteiger partial charge in [-0.25, -0.2) is 0 Å². The van der Waals surface area contributed by atoms with Crippen LogP contribution in [0.25, 0.3) is 0 Å². The highest BCUT2D eigenvalue weighted by Crippen LogP contribution is 2.21. The molecule has 128 valence electrons. The molecule has 0 fully saturated rings. The van der Waals surface area contributed by atoms with Crippen molar-refractivity contribution in [1.82, 2.24) is 5.32 Å². The number of quaternary nitrogens is 1. The van der Waals surface area contributed by atoms with Crippen LogP contribution in [0, 0.1) is 6.92 Å². The molecule has 0 atom stereocenters. The fourth-order valence-electron chi connectivity index (χ4n) is 2.45. The summed E-state index contributed by atoms with van der Waals surface area (Å²) in [6.07, 6.45) is 0. The molecule has 0 aliphatic rings. The second-order valence-corrected chi connectivity index (χ2v) is 6.56. The van der Waals surface area contributed by atoms with Crippen molar-refractivity contribution in [3.8, 4) is 5.75 Å². The average molecular weight is 348 g/mol. The molecule has 0 spiro atoms. The molecular weight excluding hydrogens is 324 g/mol. The summed E-state index contributed by atoms with van der Waals surface area (Å²) in [4.78, 5) is 13.4. The summed E-state index contributed by atoms with van der Waals surface area (Å²) in [5, 5.41) is 3.57. The molecule has 4 nitrogen and oxygen atoms in total. The van der Waals surface area contributed by atoms with E-state index in [0.29, 0.717) is 17.3 Å². The summed E-state index contributed by atoms with van der Waals surface area (Å²) in [7, 11) is 4.22. The van der Waals surface area contributed by atoms with Crippen LogP contribution in [0.15, 0.2) is 42.5 Å². The fourth-order valence-corrected chi connectivity index (χ4v) is 2.67.